The lowest BCUT2D eigenvalue weighted by Gasteiger charge is -2.33. The Morgan fingerprint density at radius 2 is 2.29 bits per heavy atom. The Morgan fingerprint density at radius 3 is 3.10 bits per heavy atom. The van der Waals surface area contributed by atoms with E-state index in [2.05, 4.69) is 15.0 Å². The van der Waals surface area contributed by atoms with Crippen LogP contribution in [0.25, 0.3) is 11.4 Å². The summed E-state index contributed by atoms with van der Waals surface area (Å²) in [7, 11) is 0. The van der Waals surface area contributed by atoms with Gasteiger partial charge in [-0.2, -0.15) is 4.98 Å². The highest BCUT2D eigenvalue weighted by molar-refractivity contribution is 5.55. The van der Waals surface area contributed by atoms with Crippen molar-refractivity contribution in [1.82, 2.24) is 15.0 Å². The number of aliphatic hydroxyl groups is 1. The van der Waals surface area contributed by atoms with E-state index in [-0.39, 0.29) is 12.6 Å². The van der Waals surface area contributed by atoms with Gasteiger partial charge in [-0.25, -0.2) is 0 Å². The number of aromatic nitrogens is 2. The van der Waals surface area contributed by atoms with Crippen molar-refractivity contribution in [3.63, 3.8) is 0 Å². The van der Waals surface area contributed by atoms with Gasteiger partial charge in [-0.3, -0.25) is 4.90 Å². The van der Waals surface area contributed by atoms with Crippen molar-refractivity contribution in [3.8, 4) is 11.4 Å². The second-order valence-corrected chi connectivity index (χ2v) is 5.68. The summed E-state index contributed by atoms with van der Waals surface area (Å²) in [6.07, 6.45) is 3.38. The zero-order valence-electron chi connectivity index (χ0n) is 12.3. The lowest BCUT2D eigenvalue weighted by molar-refractivity contribution is 0.0749. The zero-order valence-corrected chi connectivity index (χ0v) is 12.3. The molecule has 1 aliphatic rings. The monoisotopic (exact) mass is 287 g/mol. The fourth-order valence-corrected chi connectivity index (χ4v) is 2.87. The van der Waals surface area contributed by atoms with Crippen LogP contribution < -0.4 is 0 Å². The molecule has 0 radical (unpaired) electrons. The Labute approximate surface area is 124 Å². The first kappa shape index (κ1) is 14.2. The van der Waals surface area contributed by atoms with Crippen LogP contribution in [0, 0.1) is 6.92 Å². The van der Waals surface area contributed by atoms with Crippen LogP contribution in [-0.4, -0.2) is 39.3 Å². The van der Waals surface area contributed by atoms with E-state index < -0.39 is 0 Å². The lowest BCUT2D eigenvalue weighted by atomic mass is 10.0. The van der Waals surface area contributed by atoms with Crippen LogP contribution in [0.3, 0.4) is 0 Å². The highest BCUT2D eigenvalue weighted by Crippen LogP contribution is 2.21. The highest BCUT2D eigenvalue weighted by atomic mass is 16.5. The molecule has 21 heavy (non-hydrogen) atoms. The third-order valence-corrected chi connectivity index (χ3v) is 4.04. The van der Waals surface area contributed by atoms with Gasteiger partial charge in [0, 0.05) is 11.6 Å². The molecular weight excluding hydrogens is 266 g/mol. The lowest BCUT2D eigenvalue weighted by Crippen LogP contribution is -2.41. The van der Waals surface area contributed by atoms with Gasteiger partial charge >= 0.3 is 0 Å². The largest absolute Gasteiger partial charge is 0.395 e. The van der Waals surface area contributed by atoms with Crippen molar-refractivity contribution in [3.05, 3.63) is 35.7 Å². The smallest absolute Gasteiger partial charge is 0.241 e. The van der Waals surface area contributed by atoms with Gasteiger partial charge < -0.3 is 9.63 Å². The molecule has 0 bridgehead atoms. The number of benzene rings is 1. The quantitative estimate of drug-likeness (QED) is 0.935. The molecule has 2 heterocycles. The Hall–Kier alpha value is -1.72. The second kappa shape index (κ2) is 6.37. The molecule has 1 atom stereocenters. The molecule has 5 heteroatoms. The molecule has 2 aromatic rings. The van der Waals surface area contributed by atoms with Crippen molar-refractivity contribution < 1.29 is 9.63 Å². The predicted molar refractivity (Wildman–Crippen MR) is 79.6 cm³/mol. The predicted octanol–water partition coefficient (Wildman–Crippen LogP) is 2.39. The second-order valence-electron chi connectivity index (χ2n) is 5.68. The summed E-state index contributed by atoms with van der Waals surface area (Å²) in [6, 6.07) is 8.29. The van der Waals surface area contributed by atoms with E-state index in [1.54, 1.807) is 0 Å². The molecule has 1 saturated heterocycles. The minimum absolute atomic E-state index is 0.193. The van der Waals surface area contributed by atoms with E-state index in [4.69, 9.17) is 4.52 Å². The molecule has 0 aliphatic carbocycles. The minimum Gasteiger partial charge on any atom is -0.395 e. The van der Waals surface area contributed by atoms with Crippen LogP contribution in [0.2, 0.25) is 0 Å². The van der Waals surface area contributed by atoms with Gasteiger partial charge in [0.05, 0.1) is 13.2 Å². The van der Waals surface area contributed by atoms with Gasteiger partial charge in [0.2, 0.25) is 11.7 Å². The summed E-state index contributed by atoms with van der Waals surface area (Å²) < 4.78 is 5.37. The summed E-state index contributed by atoms with van der Waals surface area (Å²) in [5, 5.41) is 13.5. The fourth-order valence-electron chi connectivity index (χ4n) is 2.87. The molecule has 0 saturated carbocycles. The van der Waals surface area contributed by atoms with Gasteiger partial charge in [0.1, 0.15) is 0 Å². The molecule has 1 N–H and O–H groups in total. The summed E-state index contributed by atoms with van der Waals surface area (Å²) in [5.41, 5.74) is 2.15. The maximum atomic E-state index is 9.44. The summed E-state index contributed by atoms with van der Waals surface area (Å²) in [5.74, 6) is 1.25. The average Bonchev–Trinajstić information content (AvgIpc) is 2.96. The summed E-state index contributed by atoms with van der Waals surface area (Å²) in [4.78, 5) is 6.72. The molecule has 0 amide bonds. The maximum absolute atomic E-state index is 9.44. The molecule has 3 rings (SSSR count). The van der Waals surface area contributed by atoms with Gasteiger partial charge in [-0.05, 0) is 32.4 Å². The number of nitrogens with zero attached hydrogens (tertiary/aromatic N) is 3. The van der Waals surface area contributed by atoms with Crippen molar-refractivity contribution in [2.45, 2.75) is 38.8 Å². The molecular formula is C16H21N3O2. The number of aliphatic hydroxyl groups excluding tert-OH is 1. The number of aryl methyl sites for hydroxylation is 1. The Bertz CT molecular complexity index is 597. The third-order valence-electron chi connectivity index (χ3n) is 4.04. The molecule has 1 fully saturated rings. The molecule has 0 unspecified atom stereocenters. The topological polar surface area (TPSA) is 62.4 Å². The molecule has 112 valence electrons. The number of likely N-dealkylation sites (tertiary alicyclic amines) is 1. The number of hydrogen-bond donors (Lipinski definition) is 1. The SMILES string of the molecule is Cc1cccc(-c2noc(CN3CCCC[C@@H]3CO)n2)c1. The van der Waals surface area contributed by atoms with Crippen LogP contribution in [0.15, 0.2) is 28.8 Å². The highest BCUT2D eigenvalue weighted by Gasteiger charge is 2.23. The van der Waals surface area contributed by atoms with E-state index >= 15 is 0 Å². The first-order chi connectivity index (χ1) is 10.3. The number of rotatable bonds is 4. The van der Waals surface area contributed by atoms with Crippen LogP contribution in [-0.2, 0) is 6.54 Å². The van der Waals surface area contributed by atoms with Crippen LogP contribution in [0.5, 0.6) is 0 Å². The molecule has 0 spiro atoms. The minimum atomic E-state index is 0.193. The third kappa shape index (κ3) is 3.31. The Balaban J connectivity index is 1.73. The van der Waals surface area contributed by atoms with Gasteiger partial charge in [-0.1, -0.05) is 35.3 Å². The summed E-state index contributed by atoms with van der Waals surface area (Å²) >= 11 is 0. The summed E-state index contributed by atoms with van der Waals surface area (Å²) in [6.45, 7) is 3.83. The van der Waals surface area contributed by atoms with Crippen LogP contribution in [0.1, 0.15) is 30.7 Å². The van der Waals surface area contributed by atoms with Crippen molar-refractivity contribution in [1.29, 1.82) is 0 Å². The number of hydrogen-bond acceptors (Lipinski definition) is 5. The van der Waals surface area contributed by atoms with Crippen LogP contribution >= 0.6 is 0 Å². The van der Waals surface area contributed by atoms with E-state index in [1.165, 1.54) is 12.0 Å². The zero-order chi connectivity index (χ0) is 14.7. The molecule has 1 aromatic heterocycles. The first-order valence-electron chi connectivity index (χ1n) is 7.51. The maximum Gasteiger partial charge on any atom is 0.241 e. The van der Waals surface area contributed by atoms with Crippen molar-refractivity contribution in [2.75, 3.05) is 13.2 Å². The Kier molecular flexibility index (Phi) is 4.31. The fraction of sp³-hybridized carbons (Fsp3) is 0.500. The average molecular weight is 287 g/mol. The van der Waals surface area contributed by atoms with E-state index in [9.17, 15) is 5.11 Å². The normalized spacial score (nSPS) is 19.8. The van der Waals surface area contributed by atoms with Gasteiger partial charge in [-0.15, -0.1) is 0 Å². The van der Waals surface area contributed by atoms with Crippen molar-refractivity contribution >= 4 is 0 Å². The molecule has 1 aliphatic heterocycles. The van der Waals surface area contributed by atoms with E-state index in [0.29, 0.717) is 18.3 Å². The van der Waals surface area contributed by atoms with E-state index in [1.807, 2.05) is 31.2 Å². The first-order valence-corrected chi connectivity index (χ1v) is 7.51. The standard InChI is InChI=1S/C16H21N3O2/c1-12-5-4-6-13(9-12)16-17-15(21-18-16)10-19-8-3-2-7-14(19)11-20/h4-6,9,14,20H,2-3,7-8,10-11H2,1H3/t14-/m1/s1. The Morgan fingerprint density at radius 1 is 1.38 bits per heavy atom. The van der Waals surface area contributed by atoms with E-state index in [0.717, 1.165) is 24.9 Å². The number of piperidine rings is 1. The van der Waals surface area contributed by atoms with Crippen molar-refractivity contribution in [2.24, 2.45) is 0 Å². The van der Waals surface area contributed by atoms with Gasteiger partial charge in [0.15, 0.2) is 0 Å². The molecule has 5 nitrogen and oxygen atoms in total. The van der Waals surface area contributed by atoms with Crippen LogP contribution in [0.4, 0.5) is 0 Å². The van der Waals surface area contributed by atoms with Gasteiger partial charge in [0.25, 0.3) is 0 Å². The molecule has 1 aromatic carbocycles.